The molecule has 220 valence electrons. The van der Waals surface area contributed by atoms with Crippen molar-refractivity contribution in [1.29, 1.82) is 0 Å². The standard InChI is InChI=1S/C31H39N3O6S/c1-5-20-32-31(36)27(6-2)33(21-19-24-13-9-7-10-14-24)30(35)23-34(41(37,38)26-15-11-8-12-16-26)25-17-18-28(39-3)29(22-25)40-4/h7-18,22,27H,5-6,19-21,23H2,1-4H3,(H,32,36). The van der Waals surface area contributed by atoms with E-state index in [0.717, 1.165) is 16.3 Å². The fraction of sp³-hybridized carbons (Fsp3) is 0.355. The maximum absolute atomic E-state index is 14.1. The van der Waals surface area contributed by atoms with Gasteiger partial charge in [-0.15, -0.1) is 0 Å². The van der Waals surface area contributed by atoms with Crippen LogP contribution >= 0.6 is 0 Å². The van der Waals surface area contributed by atoms with Crippen LogP contribution in [0.4, 0.5) is 5.69 Å². The SMILES string of the molecule is CCCNC(=O)C(CC)N(CCc1ccccc1)C(=O)CN(c1ccc(OC)c(OC)c1)S(=O)(=O)c1ccccc1. The maximum atomic E-state index is 14.1. The van der Waals surface area contributed by atoms with Crippen LogP contribution in [0.5, 0.6) is 11.5 Å². The van der Waals surface area contributed by atoms with E-state index >= 15 is 0 Å². The summed E-state index contributed by atoms with van der Waals surface area (Å²) in [7, 11) is -1.23. The molecule has 0 fully saturated rings. The molecule has 3 aromatic carbocycles. The van der Waals surface area contributed by atoms with E-state index in [1.165, 1.54) is 37.3 Å². The Kier molecular flexibility index (Phi) is 11.6. The van der Waals surface area contributed by atoms with Gasteiger partial charge in [0.2, 0.25) is 11.8 Å². The average molecular weight is 582 g/mol. The van der Waals surface area contributed by atoms with Gasteiger partial charge in [-0.2, -0.15) is 0 Å². The lowest BCUT2D eigenvalue weighted by Crippen LogP contribution is -2.53. The Balaban J connectivity index is 2.04. The number of rotatable bonds is 15. The third kappa shape index (κ3) is 8.00. The Bertz CT molecular complexity index is 1380. The van der Waals surface area contributed by atoms with Crippen molar-refractivity contribution in [1.82, 2.24) is 10.2 Å². The lowest BCUT2D eigenvalue weighted by Gasteiger charge is -2.33. The molecule has 41 heavy (non-hydrogen) atoms. The van der Waals surface area contributed by atoms with Crippen molar-refractivity contribution in [2.75, 3.05) is 38.2 Å². The number of sulfonamides is 1. The molecule has 0 bridgehead atoms. The van der Waals surface area contributed by atoms with E-state index in [4.69, 9.17) is 9.47 Å². The van der Waals surface area contributed by atoms with Gasteiger partial charge in [-0.05, 0) is 49.1 Å². The van der Waals surface area contributed by atoms with Gasteiger partial charge in [0.15, 0.2) is 11.5 Å². The van der Waals surface area contributed by atoms with Crippen LogP contribution in [0.25, 0.3) is 0 Å². The van der Waals surface area contributed by atoms with E-state index in [2.05, 4.69) is 5.32 Å². The van der Waals surface area contributed by atoms with Crippen LogP contribution in [-0.2, 0) is 26.0 Å². The fourth-order valence-electron chi connectivity index (χ4n) is 4.49. The van der Waals surface area contributed by atoms with Crippen molar-refractivity contribution in [3.63, 3.8) is 0 Å². The Labute approximate surface area is 243 Å². The number of nitrogens with one attached hydrogen (secondary N) is 1. The van der Waals surface area contributed by atoms with E-state index in [9.17, 15) is 18.0 Å². The number of carbonyl (C=O) groups excluding carboxylic acids is 2. The number of hydrogen-bond donors (Lipinski definition) is 1. The topological polar surface area (TPSA) is 105 Å². The minimum Gasteiger partial charge on any atom is -0.493 e. The minimum atomic E-state index is -4.17. The normalized spacial score (nSPS) is 11.8. The molecular formula is C31H39N3O6S. The molecule has 3 rings (SSSR count). The molecule has 0 aromatic heterocycles. The van der Waals surface area contributed by atoms with Gasteiger partial charge < -0.3 is 19.7 Å². The number of carbonyl (C=O) groups is 2. The number of nitrogens with zero attached hydrogens (tertiary/aromatic N) is 2. The summed E-state index contributed by atoms with van der Waals surface area (Å²) < 4.78 is 39.7. The summed E-state index contributed by atoms with van der Waals surface area (Å²) >= 11 is 0. The molecule has 1 atom stereocenters. The second kappa shape index (κ2) is 15.1. The molecule has 0 saturated heterocycles. The summed E-state index contributed by atoms with van der Waals surface area (Å²) in [6.45, 7) is 4.00. The molecule has 0 aliphatic carbocycles. The molecule has 9 nitrogen and oxygen atoms in total. The van der Waals surface area contributed by atoms with Gasteiger partial charge in [0.1, 0.15) is 12.6 Å². The van der Waals surface area contributed by atoms with E-state index in [1.807, 2.05) is 44.2 Å². The van der Waals surface area contributed by atoms with Crippen LogP contribution in [0, 0.1) is 0 Å². The first-order valence-corrected chi connectivity index (χ1v) is 15.1. The van der Waals surface area contributed by atoms with Crippen molar-refractivity contribution >= 4 is 27.5 Å². The summed E-state index contributed by atoms with van der Waals surface area (Å²) in [5.74, 6) is -0.0205. The van der Waals surface area contributed by atoms with Gasteiger partial charge in [0, 0.05) is 19.2 Å². The first-order valence-electron chi connectivity index (χ1n) is 13.7. The van der Waals surface area contributed by atoms with Crippen molar-refractivity contribution in [3.8, 4) is 11.5 Å². The predicted molar refractivity (Wildman–Crippen MR) is 160 cm³/mol. The number of benzene rings is 3. The van der Waals surface area contributed by atoms with Crippen LogP contribution in [0.3, 0.4) is 0 Å². The molecule has 0 heterocycles. The smallest absolute Gasteiger partial charge is 0.264 e. The van der Waals surface area contributed by atoms with Crippen LogP contribution in [-0.4, -0.2) is 65.0 Å². The molecule has 1 unspecified atom stereocenters. The van der Waals surface area contributed by atoms with Gasteiger partial charge in [-0.1, -0.05) is 62.4 Å². The van der Waals surface area contributed by atoms with Gasteiger partial charge in [0.05, 0.1) is 24.8 Å². The summed E-state index contributed by atoms with van der Waals surface area (Å²) in [6.07, 6.45) is 1.63. The van der Waals surface area contributed by atoms with Gasteiger partial charge in [-0.3, -0.25) is 13.9 Å². The van der Waals surface area contributed by atoms with Crippen molar-refractivity contribution in [2.45, 2.75) is 44.0 Å². The second-order valence-corrected chi connectivity index (χ2v) is 11.3. The average Bonchev–Trinajstić information content (AvgIpc) is 3.01. The zero-order valence-electron chi connectivity index (χ0n) is 24.1. The molecule has 10 heteroatoms. The lowest BCUT2D eigenvalue weighted by atomic mass is 10.1. The van der Waals surface area contributed by atoms with E-state index in [1.54, 1.807) is 30.3 Å². The molecule has 0 saturated carbocycles. The van der Waals surface area contributed by atoms with Crippen molar-refractivity contribution in [2.24, 2.45) is 0 Å². The Morgan fingerprint density at radius 1 is 0.878 bits per heavy atom. The highest BCUT2D eigenvalue weighted by molar-refractivity contribution is 7.92. The van der Waals surface area contributed by atoms with Crippen LogP contribution in [0.2, 0.25) is 0 Å². The molecule has 0 aliphatic rings. The maximum Gasteiger partial charge on any atom is 0.264 e. The Morgan fingerprint density at radius 2 is 1.51 bits per heavy atom. The second-order valence-electron chi connectivity index (χ2n) is 9.40. The zero-order valence-corrected chi connectivity index (χ0v) is 24.9. The molecule has 3 aromatic rings. The molecule has 0 radical (unpaired) electrons. The Morgan fingerprint density at radius 3 is 2.10 bits per heavy atom. The van der Waals surface area contributed by atoms with Gasteiger partial charge in [-0.25, -0.2) is 8.42 Å². The highest BCUT2D eigenvalue weighted by Gasteiger charge is 2.33. The first-order chi connectivity index (χ1) is 19.8. The molecule has 0 aliphatic heterocycles. The molecule has 0 spiro atoms. The molecule has 2 amide bonds. The highest BCUT2D eigenvalue weighted by atomic mass is 32.2. The summed E-state index contributed by atoms with van der Waals surface area (Å²) in [5, 5.41) is 2.89. The quantitative estimate of drug-likeness (QED) is 0.287. The number of ether oxygens (including phenoxy) is 2. The van der Waals surface area contributed by atoms with E-state index < -0.39 is 28.5 Å². The van der Waals surface area contributed by atoms with Crippen LogP contribution in [0.1, 0.15) is 32.3 Å². The summed E-state index contributed by atoms with van der Waals surface area (Å²) in [4.78, 5) is 28.7. The monoisotopic (exact) mass is 581 g/mol. The predicted octanol–water partition coefficient (Wildman–Crippen LogP) is 4.28. The van der Waals surface area contributed by atoms with Crippen LogP contribution < -0.4 is 19.1 Å². The van der Waals surface area contributed by atoms with Crippen LogP contribution in [0.15, 0.2) is 83.8 Å². The number of anilines is 1. The minimum absolute atomic E-state index is 0.0335. The molecule has 1 N–H and O–H groups in total. The van der Waals surface area contributed by atoms with Gasteiger partial charge >= 0.3 is 0 Å². The zero-order chi connectivity index (χ0) is 29.8. The third-order valence-electron chi connectivity index (χ3n) is 6.68. The molecular weight excluding hydrogens is 542 g/mol. The number of amides is 2. The van der Waals surface area contributed by atoms with Crippen molar-refractivity contribution in [3.05, 3.63) is 84.4 Å². The lowest BCUT2D eigenvalue weighted by molar-refractivity contribution is -0.139. The summed E-state index contributed by atoms with van der Waals surface area (Å²) in [5.41, 5.74) is 1.23. The number of hydrogen-bond acceptors (Lipinski definition) is 6. The largest absolute Gasteiger partial charge is 0.493 e. The number of methoxy groups -OCH3 is 2. The first kappa shape index (κ1) is 31.5. The summed E-state index contributed by atoms with van der Waals surface area (Å²) in [6, 6.07) is 21.5. The highest BCUT2D eigenvalue weighted by Crippen LogP contribution is 2.34. The van der Waals surface area contributed by atoms with Gasteiger partial charge in [0.25, 0.3) is 10.0 Å². The van der Waals surface area contributed by atoms with E-state index in [-0.39, 0.29) is 23.0 Å². The fourth-order valence-corrected chi connectivity index (χ4v) is 5.92. The Hall–Kier alpha value is -4.05. The van der Waals surface area contributed by atoms with Crippen molar-refractivity contribution < 1.29 is 27.5 Å². The third-order valence-corrected chi connectivity index (χ3v) is 8.47. The van der Waals surface area contributed by atoms with E-state index in [0.29, 0.717) is 30.9 Å².